The highest BCUT2D eigenvalue weighted by molar-refractivity contribution is 5.84. The topological polar surface area (TPSA) is 29.5 Å². The minimum atomic E-state index is -0.413. The van der Waals surface area contributed by atoms with Crippen LogP contribution < -0.4 is 9.64 Å². The van der Waals surface area contributed by atoms with Gasteiger partial charge < -0.3 is 9.64 Å². The van der Waals surface area contributed by atoms with Crippen LogP contribution in [0.25, 0.3) is 6.08 Å². The van der Waals surface area contributed by atoms with Crippen molar-refractivity contribution in [3.8, 4) is 5.75 Å². The van der Waals surface area contributed by atoms with Gasteiger partial charge in [-0.3, -0.25) is 0 Å². The number of ether oxygens (including phenoxy) is 1. The van der Waals surface area contributed by atoms with Crippen LogP contribution in [0.3, 0.4) is 0 Å². The van der Waals surface area contributed by atoms with E-state index in [2.05, 4.69) is 23.6 Å². The Kier molecular flexibility index (Phi) is 3.51. The Morgan fingerprint density at radius 3 is 2.89 bits per heavy atom. The lowest BCUT2D eigenvalue weighted by Crippen LogP contribution is -2.14. The molecular weight excluding hydrogens is 226 g/mol. The number of hydrogen-bond acceptors (Lipinski definition) is 3. The maximum atomic E-state index is 11.3. The Labute approximate surface area is 107 Å². The number of esters is 1. The van der Waals surface area contributed by atoms with E-state index >= 15 is 0 Å². The van der Waals surface area contributed by atoms with E-state index in [1.807, 2.05) is 26.2 Å². The van der Waals surface area contributed by atoms with Crippen molar-refractivity contribution in [1.82, 2.24) is 0 Å². The molecule has 3 heteroatoms. The van der Waals surface area contributed by atoms with Crippen molar-refractivity contribution in [2.75, 3.05) is 19.0 Å². The molecule has 0 aliphatic heterocycles. The van der Waals surface area contributed by atoms with Gasteiger partial charge in [0.1, 0.15) is 5.75 Å². The predicted octanol–water partition coefficient (Wildman–Crippen LogP) is 2.80. The summed E-state index contributed by atoms with van der Waals surface area (Å²) in [6.45, 7) is 3.42. The van der Waals surface area contributed by atoms with Crippen molar-refractivity contribution in [1.29, 1.82) is 0 Å². The molecule has 1 aliphatic carbocycles. The van der Waals surface area contributed by atoms with Gasteiger partial charge in [-0.1, -0.05) is 18.7 Å². The van der Waals surface area contributed by atoms with Crippen LogP contribution in [0.2, 0.25) is 0 Å². The lowest BCUT2D eigenvalue weighted by Gasteiger charge is -2.22. The SMILES string of the molecule is C=CC(=O)Oc1ccc(N(C)C)c2c1CCC=C2. The summed E-state index contributed by atoms with van der Waals surface area (Å²) >= 11 is 0. The van der Waals surface area contributed by atoms with Gasteiger partial charge in [0.2, 0.25) is 0 Å². The highest BCUT2D eigenvalue weighted by Crippen LogP contribution is 2.35. The van der Waals surface area contributed by atoms with Crippen LogP contribution in [0, 0.1) is 0 Å². The molecule has 0 saturated heterocycles. The van der Waals surface area contributed by atoms with E-state index in [4.69, 9.17) is 4.74 Å². The van der Waals surface area contributed by atoms with Crippen molar-refractivity contribution >= 4 is 17.7 Å². The normalized spacial score (nSPS) is 12.8. The zero-order valence-corrected chi connectivity index (χ0v) is 10.8. The van der Waals surface area contributed by atoms with Crippen LogP contribution in [-0.2, 0) is 11.2 Å². The second-order valence-corrected chi connectivity index (χ2v) is 4.44. The van der Waals surface area contributed by atoms with Crippen LogP contribution in [0.5, 0.6) is 5.75 Å². The maximum Gasteiger partial charge on any atom is 0.335 e. The molecule has 1 aliphatic rings. The fraction of sp³-hybridized carbons (Fsp3) is 0.267. The minimum Gasteiger partial charge on any atom is -0.423 e. The molecular formula is C15H17NO2. The number of carbonyl (C=O) groups is 1. The third-order valence-electron chi connectivity index (χ3n) is 3.00. The highest BCUT2D eigenvalue weighted by Gasteiger charge is 2.17. The Hall–Kier alpha value is -2.03. The number of carbonyl (C=O) groups excluding carboxylic acids is 1. The molecule has 0 atom stereocenters. The maximum absolute atomic E-state index is 11.3. The number of nitrogens with zero attached hydrogens (tertiary/aromatic N) is 1. The van der Waals surface area contributed by atoms with E-state index in [0.717, 1.165) is 29.7 Å². The largest absolute Gasteiger partial charge is 0.423 e. The molecule has 0 aromatic heterocycles. The minimum absolute atomic E-state index is 0.413. The molecule has 3 nitrogen and oxygen atoms in total. The van der Waals surface area contributed by atoms with Gasteiger partial charge in [0.25, 0.3) is 0 Å². The molecule has 0 heterocycles. The standard InChI is InChI=1S/C15H17NO2/c1-4-15(17)18-14-10-9-13(16(2)3)11-7-5-6-8-12(11)14/h4-5,7,9-10H,1,6,8H2,2-3H3. The number of allylic oxidation sites excluding steroid dienone is 1. The van der Waals surface area contributed by atoms with Crippen LogP contribution in [0.15, 0.2) is 30.9 Å². The zero-order chi connectivity index (χ0) is 13.1. The predicted molar refractivity (Wildman–Crippen MR) is 74.0 cm³/mol. The highest BCUT2D eigenvalue weighted by atomic mass is 16.5. The third-order valence-corrected chi connectivity index (χ3v) is 3.00. The molecule has 0 radical (unpaired) electrons. The average molecular weight is 243 g/mol. The Morgan fingerprint density at radius 2 is 2.22 bits per heavy atom. The fourth-order valence-electron chi connectivity index (χ4n) is 2.14. The van der Waals surface area contributed by atoms with Crippen molar-refractivity contribution in [3.63, 3.8) is 0 Å². The smallest absolute Gasteiger partial charge is 0.335 e. The number of rotatable bonds is 3. The first kappa shape index (κ1) is 12.4. The average Bonchev–Trinajstić information content (AvgIpc) is 2.38. The number of anilines is 1. The van der Waals surface area contributed by atoms with Crippen LogP contribution >= 0.6 is 0 Å². The van der Waals surface area contributed by atoms with Gasteiger partial charge in [-0.2, -0.15) is 0 Å². The second kappa shape index (κ2) is 5.08. The van der Waals surface area contributed by atoms with Gasteiger partial charge in [0, 0.05) is 37.0 Å². The van der Waals surface area contributed by atoms with Gasteiger partial charge in [0.05, 0.1) is 0 Å². The van der Waals surface area contributed by atoms with Crippen molar-refractivity contribution < 1.29 is 9.53 Å². The quantitative estimate of drug-likeness (QED) is 0.464. The molecule has 1 aromatic rings. The first-order valence-corrected chi connectivity index (χ1v) is 5.97. The molecule has 2 rings (SSSR count). The van der Waals surface area contributed by atoms with Crippen molar-refractivity contribution in [2.45, 2.75) is 12.8 Å². The lowest BCUT2D eigenvalue weighted by atomic mass is 9.94. The summed E-state index contributed by atoms with van der Waals surface area (Å²) in [7, 11) is 4.01. The van der Waals surface area contributed by atoms with Gasteiger partial charge in [-0.05, 0) is 25.0 Å². The summed E-state index contributed by atoms with van der Waals surface area (Å²) in [5, 5.41) is 0. The number of fused-ring (bicyclic) bond motifs is 1. The van der Waals surface area contributed by atoms with Crippen molar-refractivity contribution in [3.05, 3.63) is 42.0 Å². The zero-order valence-electron chi connectivity index (χ0n) is 10.8. The van der Waals surface area contributed by atoms with Crippen LogP contribution in [0.1, 0.15) is 17.5 Å². The molecule has 0 bridgehead atoms. The monoisotopic (exact) mass is 243 g/mol. The molecule has 0 amide bonds. The fourth-order valence-corrected chi connectivity index (χ4v) is 2.14. The Bertz CT molecular complexity index is 515. The van der Waals surface area contributed by atoms with Crippen LogP contribution in [0.4, 0.5) is 5.69 Å². The molecule has 0 saturated carbocycles. The molecule has 0 N–H and O–H groups in total. The van der Waals surface area contributed by atoms with Gasteiger partial charge in [-0.25, -0.2) is 4.79 Å². The summed E-state index contributed by atoms with van der Waals surface area (Å²) in [5.41, 5.74) is 3.37. The second-order valence-electron chi connectivity index (χ2n) is 4.44. The lowest BCUT2D eigenvalue weighted by molar-refractivity contribution is -0.129. The summed E-state index contributed by atoms with van der Waals surface area (Å²) in [4.78, 5) is 13.4. The molecule has 0 fully saturated rings. The van der Waals surface area contributed by atoms with E-state index < -0.39 is 5.97 Å². The van der Waals surface area contributed by atoms with E-state index in [1.54, 1.807) is 0 Å². The molecule has 18 heavy (non-hydrogen) atoms. The molecule has 0 unspecified atom stereocenters. The summed E-state index contributed by atoms with van der Waals surface area (Å²) in [6, 6.07) is 3.83. The van der Waals surface area contributed by atoms with E-state index in [-0.39, 0.29) is 0 Å². The number of benzene rings is 1. The summed E-state index contributed by atoms with van der Waals surface area (Å²) in [5.74, 6) is 0.231. The first-order chi connectivity index (χ1) is 8.63. The molecule has 0 spiro atoms. The van der Waals surface area contributed by atoms with E-state index in [9.17, 15) is 4.79 Å². The van der Waals surface area contributed by atoms with Gasteiger partial charge in [-0.15, -0.1) is 0 Å². The summed E-state index contributed by atoms with van der Waals surface area (Å²) < 4.78 is 5.29. The van der Waals surface area contributed by atoms with Crippen molar-refractivity contribution in [2.24, 2.45) is 0 Å². The van der Waals surface area contributed by atoms with Gasteiger partial charge >= 0.3 is 5.97 Å². The van der Waals surface area contributed by atoms with E-state index in [0.29, 0.717) is 5.75 Å². The Morgan fingerprint density at radius 1 is 1.44 bits per heavy atom. The van der Waals surface area contributed by atoms with Crippen LogP contribution in [-0.4, -0.2) is 20.1 Å². The Balaban J connectivity index is 2.48. The molecule has 94 valence electrons. The third kappa shape index (κ3) is 2.30. The van der Waals surface area contributed by atoms with Gasteiger partial charge in [0.15, 0.2) is 0 Å². The number of hydrogen-bond donors (Lipinski definition) is 0. The molecule has 1 aromatic carbocycles. The van der Waals surface area contributed by atoms with E-state index in [1.165, 1.54) is 6.08 Å². The summed E-state index contributed by atoms with van der Waals surface area (Å²) in [6.07, 6.45) is 7.30. The first-order valence-electron chi connectivity index (χ1n) is 5.97.